The van der Waals surface area contributed by atoms with E-state index in [4.69, 9.17) is 11.5 Å². The van der Waals surface area contributed by atoms with Crippen molar-refractivity contribution in [1.29, 1.82) is 0 Å². The first-order chi connectivity index (χ1) is 27.7. The molecule has 1 heterocycles. The molecule has 21 nitrogen and oxygen atoms in total. The number of guanidine groups is 1. The maximum atomic E-state index is 13.9. The first-order valence-corrected chi connectivity index (χ1v) is 19.8. The number of aliphatic imine (C=N–C) groups is 1. The number of nitrogens with two attached hydrogens (primary N) is 2. The Hall–Kier alpha value is -5.60. The van der Waals surface area contributed by atoms with Crippen LogP contribution in [0.4, 0.5) is 0 Å². The van der Waals surface area contributed by atoms with Gasteiger partial charge in [-0.2, -0.15) is 0 Å². The first kappa shape index (κ1) is 51.4. The van der Waals surface area contributed by atoms with Crippen molar-refractivity contribution in [3.8, 4) is 0 Å². The number of hydrogen-bond donors (Lipinski definition) is 11. The first-order valence-electron chi connectivity index (χ1n) is 19.8. The average Bonchev–Trinajstić information content (AvgIpc) is 3.66. The Kier molecular flexibility index (Phi) is 23.0. The molecule has 332 valence electrons. The highest BCUT2D eigenvalue weighted by Crippen LogP contribution is 2.12. The number of aliphatic hydroxyl groups excluding tert-OH is 1. The van der Waals surface area contributed by atoms with E-state index < -0.39 is 90.3 Å². The van der Waals surface area contributed by atoms with Crippen molar-refractivity contribution in [3.63, 3.8) is 0 Å². The second-order valence-corrected chi connectivity index (χ2v) is 15.8. The molecule has 0 saturated carbocycles. The Morgan fingerprint density at radius 1 is 0.695 bits per heavy atom. The standard InChI is InChI=1S/C38H66N12O9/c1-20(2)12-27(33(55)44-23(7)32(54)46-25(17-51)10-9-11-42-38(39)40)47-34(56)28(13-21(3)4)48-35(57)29(14-22(5)6)49-36(58)30(15-26-16-41-19-43-26)50-37(59)31(18-52)45-24(8)53/h16-17,19-23,25,27-31,52H,9-15,18H2,1-8H3,(H,41,43)(H,44,55)(H,45,53)(H,46,54)(H,47,56)(H,48,57)(H,49,58)(H,50,59)(H4,39,40,42)/t23-,25-,27-,28-,29-,30-,31-/m0/s1. The summed E-state index contributed by atoms with van der Waals surface area (Å²) in [4.78, 5) is 115. The summed E-state index contributed by atoms with van der Waals surface area (Å²) in [6, 6.07) is -7.97. The molecule has 13 N–H and O–H groups in total. The lowest BCUT2D eigenvalue weighted by atomic mass is 9.98. The van der Waals surface area contributed by atoms with E-state index in [1.54, 1.807) is 0 Å². The molecule has 21 heteroatoms. The largest absolute Gasteiger partial charge is 0.394 e. The van der Waals surface area contributed by atoms with E-state index >= 15 is 0 Å². The van der Waals surface area contributed by atoms with E-state index in [0.29, 0.717) is 18.4 Å². The molecule has 0 radical (unpaired) electrons. The fraction of sp³-hybridized carbons (Fsp3) is 0.684. The maximum absolute atomic E-state index is 13.9. The van der Waals surface area contributed by atoms with E-state index in [0.717, 1.165) is 0 Å². The number of aromatic nitrogens is 2. The number of aromatic amines is 1. The van der Waals surface area contributed by atoms with Crippen LogP contribution in [0.15, 0.2) is 17.5 Å². The fourth-order valence-electron chi connectivity index (χ4n) is 5.84. The number of imidazole rings is 1. The molecule has 7 amide bonds. The van der Waals surface area contributed by atoms with Gasteiger partial charge in [0.25, 0.3) is 0 Å². The van der Waals surface area contributed by atoms with Crippen molar-refractivity contribution in [2.45, 2.75) is 136 Å². The molecule has 0 aromatic carbocycles. The minimum Gasteiger partial charge on any atom is -0.394 e. The summed E-state index contributed by atoms with van der Waals surface area (Å²) in [5.74, 6) is -5.20. The third kappa shape index (κ3) is 20.6. The Morgan fingerprint density at radius 3 is 1.56 bits per heavy atom. The Morgan fingerprint density at radius 2 is 1.15 bits per heavy atom. The number of nitrogens with zero attached hydrogens (tertiary/aromatic N) is 2. The molecule has 0 aliphatic heterocycles. The second kappa shape index (κ2) is 26.4. The zero-order chi connectivity index (χ0) is 44.8. The monoisotopic (exact) mass is 835 g/mol. The van der Waals surface area contributed by atoms with E-state index in [-0.39, 0.29) is 62.4 Å². The lowest BCUT2D eigenvalue weighted by Gasteiger charge is -2.29. The molecular formula is C38H66N12O9. The summed E-state index contributed by atoms with van der Waals surface area (Å²) in [5.41, 5.74) is 11.1. The minimum absolute atomic E-state index is 0.0790. The number of H-pyrrole nitrogens is 1. The van der Waals surface area contributed by atoms with Crippen molar-refractivity contribution in [2.24, 2.45) is 34.2 Å². The molecule has 0 aliphatic rings. The van der Waals surface area contributed by atoms with Crippen molar-refractivity contribution >= 4 is 53.6 Å². The van der Waals surface area contributed by atoms with Gasteiger partial charge in [0.15, 0.2) is 5.96 Å². The normalized spacial score (nSPS) is 14.7. The van der Waals surface area contributed by atoms with Gasteiger partial charge in [0.05, 0.1) is 19.0 Å². The van der Waals surface area contributed by atoms with Crippen LogP contribution in [0.3, 0.4) is 0 Å². The van der Waals surface area contributed by atoms with E-state index in [2.05, 4.69) is 52.2 Å². The number of aliphatic hydroxyl groups is 1. The highest BCUT2D eigenvalue weighted by atomic mass is 16.3. The predicted molar refractivity (Wildman–Crippen MR) is 219 cm³/mol. The van der Waals surface area contributed by atoms with Crippen molar-refractivity contribution in [1.82, 2.24) is 47.2 Å². The van der Waals surface area contributed by atoms with Gasteiger partial charge in [0.2, 0.25) is 41.4 Å². The summed E-state index contributed by atoms with van der Waals surface area (Å²) in [6.07, 6.45) is 4.49. The molecule has 1 aromatic heterocycles. The summed E-state index contributed by atoms with van der Waals surface area (Å²) < 4.78 is 0. The molecule has 59 heavy (non-hydrogen) atoms. The van der Waals surface area contributed by atoms with Gasteiger partial charge in [-0.15, -0.1) is 0 Å². The van der Waals surface area contributed by atoms with Crippen LogP contribution in [-0.2, 0) is 44.8 Å². The van der Waals surface area contributed by atoms with Crippen molar-refractivity contribution in [2.75, 3.05) is 13.2 Å². The quantitative estimate of drug-likeness (QED) is 0.0194. The lowest BCUT2D eigenvalue weighted by Crippen LogP contribution is -2.60. The number of carbonyl (C=O) groups excluding carboxylic acids is 8. The van der Waals surface area contributed by atoms with Crippen LogP contribution in [0, 0.1) is 17.8 Å². The van der Waals surface area contributed by atoms with Gasteiger partial charge in [-0.3, -0.25) is 38.6 Å². The summed E-state index contributed by atoms with van der Waals surface area (Å²) in [6.45, 7) is 13.2. The van der Waals surface area contributed by atoms with Crippen LogP contribution in [0.1, 0.15) is 93.2 Å². The molecule has 0 bridgehead atoms. The number of nitrogens with one attached hydrogen (secondary N) is 8. The van der Waals surface area contributed by atoms with Gasteiger partial charge in [0.1, 0.15) is 42.5 Å². The molecule has 0 spiro atoms. The molecular weight excluding hydrogens is 768 g/mol. The molecule has 1 aromatic rings. The van der Waals surface area contributed by atoms with Gasteiger partial charge >= 0.3 is 0 Å². The van der Waals surface area contributed by atoms with Crippen molar-refractivity contribution < 1.29 is 43.5 Å². The average molecular weight is 835 g/mol. The van der Waals surface area contributed by atoms with E-state index in [1.165, 1.54) is 26.4 Å². The van der Waals surface area contributed by atoms with Crippen LogP contribution in [0.2, 0.25) is 0 Å². The van der Waals surface area contributed by atoms with Crippen LogP contribution in [0.25, 0.3) is 0 Å². The third-order valence-electron chi connectivity index (χ3n) is 8.72. The summed E-state index contributed by atoms with van der Waals surface area (Å²) >= 11 is 0. The topological polar surface area (TPSA) is 334 Å². The number of hydrogen-bond acceptors (Lipinski definition) is 11. The zero-order valence-electron chi connectivity index (χ0n) is 35.4. The number of amides is 7. The zero-order valence-corrected chi connectivity index (χ0v) is 35.4. The SMILES string of the molecule is CC(=O)N[C@@H](CO)C(=O)N[C@@H](Cc1cnc[nH]1)C(=O)N[C@@H](CC(C)C)C(=O)N[C@@H](CC(C)C)C(=O)N[C@@H](CC(C)C)C(=O)N[C@@H](C)C(=O)N[C@H](C=O)CCCN=C(N)N. The third-order valence-corrected chi connectivity index (χ3v) is 8.72. The summed E-state index contributed by atoms with van der Waals surface area (Å²) in [7, 11) is 0. The second-order valence-electron chi connectivity index (χ2n) is 15.8. The van der Waals surface area contributed by atoms with Gasteiger partial charge in [-0.05, 0) is 56.8 Å². The Balaban J connectivity index is 3.22. The van der Waals surface area contributed by atoms with Crippen LogP contribution < -0.4 is 48.7 Å². The maximum Gasteiger partial charge on any atom is 0.245 e. The van der Waals surface area contributed by atoms with E-state index in [9.17, 15) is 43.5 Å². The van der Waals surface area contributed by atoms with E-state index in [1.807, 2.05) is 41.5 Å². The van der Waals surface area contributed by atoms with Crippen LogP contribution in [0.5, 0.6) is 0 Å². The lowest BCUT2D eigenvalue weighted by molar-refractivity contribution is -0.136. The number of aldehydes is 1. The highest BCUT2D eigenvalue weighted by Gasteiger charge is 2.34. The van der Waals surface area contributed by atoms with Gasteiger partial charge in [-0.25, -0.2) is 4.98 Å². The molecule has 0 fully saturated rings. The predicted octanol–water partition coefficient (Wildman–Crippen LogP) is -2.23. The molecule has 1 rings (SSSR count). The highest BCUT2D eigenvalue weighted by molar-refractivity contribution is 5.97. The van der Waals surface area contributed by atoms with Crippen LogP contribution in [-0.4, -0.2) is 124 Å². The van der Waals surface area contributed by atoms with Gasteiger partial charge in [0, 0.05) is 31.8 Å². The molecule has 0 saturated heterocycles. The van der Waals surface area contributed by atoms with Crippen LogP contribution >= 0.6 is 0 Å². The number of rotatable bonds is 27. The Labute approximate surface area is 345 Å². The minimum atomic E-state index is -1.34. The fourth-order valence-corrected chi connectivity index (χ4v) is 5.84. The summed E-state index contributed by atoms with van der Waals surface area (Å²) in [5, 5.41) is 27.9. The van der Waals surface area contributed by atoms with Crippen molar-refractivity contribution in [3.05, 3.63) is 18.2 Å². The van der Waals surface area contributed by atoms with Gasteiger partial charge < -0.3 is 63.6 Å². The molecule has 0 unspecified atom stereocenters. The Bertz CT molecular complexity index is 1560. The smallest absolute Gasteiger partial charge is 0.245 e. The van der Waals surface area contributed by atoms with Gasteiger partial charge in [-0.1, -0.05) is 41.5 Å². The molecule has 7 atom stereocenters. The number of carbonyl (C=O) groups is 8. The molecule has 0 aliphatic carbocycles.